The zero-order valence-corrected chi connectivity index (χ0v) is 18.8. The van der Waals surface area contributed by atoms with Crippen LogP contribution in [-0.4, -0.2) is 38.0 Å². The molecule has 0 aliphatic rings. The SMILES string of the molecule is CCOc1cc(CNCCCNCCO)c(Br)cc1OCc1c(F)cccc1Cl. The molecule has 0 spiro atoms. The van der Waals surface area contributed by atoms with Gasteiger partial charge in [0.2, 0.25) is 0 Å². The lowest BCUT2D eigenvalue weighted by Crippen LogP contribution is -2.24. The van der Waals surface area contributed by atoms with Crippen molar-refractivity contribution in [1.29, 1.82) is 0 Å². The van der Waals surface area contributed by atoms with Gasteiger partial charge >= 0.3 is 0 Å². The number of hydrogen-bond donors (Lipinski definition) is 3. The van der Waals surface area contributed by atoms with Crippen LogP contribution in [0, 0.1) is 5.82 Å². The zero-order chi connectivity index (χ0) is 21.1. The fourth-order valence-corrected chi connectivity index (χ4v) is 3.36. The maximum atomic E-state index is 14.0. The van der Waals surface area contributed by atoms with Gasteiger partial charge in [-0.3, -0.25) is 0 Å². The van der Waals surface area contributed by atoms with Gasteiger partial charge in [0.25, 0.3) is 0 Å². The molecule has 0 aliphatic carbocycles. The van der Waals surface area contributed by atoms with Crippen molar-refractivity contribution in [2.75, 3.05) is 32.8 Å². The molecule has 8 heteroatoms. The van der Waals surface area contributed by atoms with Gasteiger partial charge in [-0.2, -0.15) is 0 Å². The Morgan fingerprint density at radius 3 is 2.59 bits per heavy atom. The van der Waals surface area contributed by atoms with Gasteiger partial charge in [-0.15, -0.1) is 0 Å². The van der Waals surface area contributed by atoms with E-state index in [1.165, 1.54) is 6.07 Å². The zero-order valence-electron chi connectivity index (χ0n) is 16.4. The van der Waals surface area contributed by atoms with Gasteiger partial charge in [0, 0.05) is 23.1 Å². The number of nitrogens with one attached hydrogen (secondary N) is 2. The van der Waals surface area contributed by atoms with Crippen LogP contribution in [0.3, 0.4) is 0 Å². The van der Waals surface area contributed by atoms with E-state index in [0.717, 1.165) is 29.5 Å². The molecule has 2 aromatic rings. The average molecular weight is 490 g/mol. The second kappa shape index (κ2) is 13.0. The predicted octanol–water partition coefficient (Wildman–Crippen LogP) is 4.28. The van der Waals surface area contributed by atoms with Crippen molar-refractivity contribution in [2.24, 2.45) is 0 Å². The lowest BCUT2D eigenvalue weighted by Gasteiger charge is -2.16. The number of ether oxygens (including phenoxy) is 2. The smallest absolute Gasteiger partial charge is 0.162 e. The third-order valence-electron chi connectivity index (χ3n) is 4.16. The Kier molecular flexibility index (Phi) is 10.7. The summed E-state index contributed by atoms with van der Waals surface area (Å²) in [5.74, 6) is 0.725. The second-order valence-electron chi connectivity index (χ2n) is 6.32. The second-order valence-corrected chi connectivity index (χ2v) is 7.58. The van der Waals surface area contributed by atoms with Crippen LogP contribution < -0.4 is 20.1 Å². The summed E-state index contributed by atoms with van der Waals surface area (Å²) in [5, 5.41) is 15.6. The van der Waals surface area contributed by atoms with Crippen LogP contribution in [0.2, 0.25) is 5.02 Å². The van der Waals surface area contributed by atoms with Gasteiger partial charge in [-0.1, -0.05) is 33.6 Å². The van der Waals surface area contributed by atoms with Crippen molar-refractivity contribution in [3.05, 3.63) is 56.8 Å². The van der Waals surface area contributed by atoms with E-state index < -0.39 is 5.82 Å². The quantitative estimate of drug-likeness (QED) is 0.367. The third kappa shape index (κ3) is 7.75. The summed E-state index contributed by atoms with van der Waals surface area (Å²) in [5.41, 5.74) is 1.35. The Balaban J connectivity index is 1.99. The van der Waals surface area contributed by atoms with E-state index >= 15 is 0 Å². The first-order chi connectivity index (χ1) is 14.1. The highest BCUT2D eigenvalue weighted by atomic mass is 79.9. The molecule has 0 unspecified atom stereocenters. The van der Waals surface area contributed by atoms with Crippen LogP contribution in [0.5, 0.6) is 11.5 Å². The molecule has 2 aromatic carbocycles. The highest BCUT2D eigenvalue weighted by Gasteiger charge is 2.13. The summed E-state index contributed by atoms with van der Waals surface area (Å²) < 4.78 is 26.4. The number of halogens is 3. The fourth-order valence-electron chi connectivity index (χ4n) is 2.68. The number of aliphatic hydroxyl groups excluding tert-OH is 1. The maximum absolute atomic E-state index is 14.0. The Morgan fingerprint density at radius 1 is 1.10 bits per heavy atom. The summed E-state index contributed by atoms with van der Waals surface area (Å²) in [6, 6.07) is 8.31. The van der Waals surface area contributed by atoms with Crippen LogP contribution in [-0.2, 0) is 13.2 Å². The molecule has 0 saturated heterocycles. The summed E-state index contributed by atoms with van der Waals surface area (Å²) in [7, 11) is 0. The van der Waals surface area contributed by atoms with Crippen molar-refractivity contribution in [3.63, 3.8) is 0 Å². The molecule has 0 bridgehead atoms. The van der Waals surface area contributed by atoms with Gasteiger partial charge in [0.05, 0.1) is 18.2 Å². The molecule has 160 valence electrons. The van der Waals surface area contributed by atoms with Crippen LogP contribution in [0.4, 0.5) is 4.39 Å². The molecule has 0 heterocycles. The molecule has 0 atom stereocenters. The largest absolute Gasteiger partial charge is 0.490 e. The van der Waals surface area contributed by atoms with Crippen molar-refractivity contribution in [3.8, 4) is 11.5 Å². The average Bonchev–Trinajstić information content (AvgIpc) is 2.69. The minimum absolute atomic E-state index is 0.0104. The Hall–Kier alpha value is -1.38. The standard InChI is InChI=1S/C21H27BrClFN2O3/c1-2-28-20-11-15(13-26-8-4-7-25-9-10-27)17(22)12-21(20)29-14-16-18(23)5-3-6-19(16)24/h3,5-6,11-12,25-27H,2,4,7-10,13-14H2,1H3. The maximum Gasteiger partial charge on any atom is 0.162 e. The van der Waals surface area contributed by atoms with Crippen molar-refractivity contribution >= 4 is 27.5 Å². The highest BCUT2D eigenvalue weighted by molar-refractivity contribution is 9.10. The van der Waals surface area contributed by atoms with Crippen LogP contribution in [0.15, 0.2) is 34.8 Å². The van der Waals surface area contributed by atoms with Crippen molar-refractivity contribution < 1.29 is 19.0 Å². The molecule has 0 aromatic heterocycles. The Labute approximate surface area is 184 Å². The molecule has 0 radical (unpaired) electrons. The number of aliphatic hydroxyl groups is 1. The Morgan fingerprint density at radius 2 is 1.86 bits per heavy atom. The van der Waals surface area contributed by atoms with Gasteiger partial charge in [0.1, 0.15) is 12.4 Å². The molecule has 2 rings (SSSR count). The molecule has 3 N–H and O–H groups in total. The number of rotatable bonds is 13. The first-order valence-electron chi connectivity index (χ1n) is 9.60. The molecular weight excluding hydrogens is 463 g/mol. The van der Waals surface area contributed by atoms with E-state index in [4.69, 9.17) is 26.2 Å². The predicted molar refractivity (Wildman–Crippen MR) is 117 cm³/mol. The van der Waals surface area contributed by atoms with E-state index in [2.05, 4.69) is 26.6 Å². The lowest BCUT2D eigenvalue weighted by molar-refractivity contribution is 0.265. The molecule has 0 amide bonds. The van der Waals surface area contributed by atoms with E-state index in [-0.39, 0.29) is 13.2 Å². The van der Waals surface area contributed by atoms with Crippen LogP contribution in [0.1, 0.15) is 24.5 Å². The lowest BCUT2D eigenvalue weighted by atomic mass is 10.2. The molecule has 0 aliphatic heterocycles. The third-order valence-corrected chi connectivity index (χ3v) is 5.25. The van der Waals surface area contributed by atoms with E-state index in [1.807, 2.05) is 19.1 Å². The molecule has 5 nitrogen and oxygen atoms in total. The van der Waals surface area contributed by atoms with Crippen molar-refractivity contribution in [1.82, 2.24) is 10.6 Å². The first kappa shape index (κ1) is 23.9. The molecular formula is C21H27BrClFN2O3. The van der Waals surface area contributed by atoms with Gasteiger partial charge in [-0.05, 0) is 56.3 Å². The van der Waals surface area contributed by atoms with E-state index in [0.29, 0.717) is 41.8 Å². The van der Waals surface area contributed by atoms with Crippen molar-refractivity contribution in [2.45, 2.75) is 26.5 Å². The van der Waals surface area contributed by atoms with Gasteiger partial charge < -0.3 is 25.2 Å². The normalized spacial score (nSPS) is 10.9. The summed E-state index contributed by atoms with van der Waals surface area (Å²) in [6.45, 7) is 5.53. The molecule has 29 heavy (non-hydrogen) atoms. The summed E-state index contributed by atoms with van der Waals surface area (Å²) in [6.07, 6.45) is 0.959. The first-order valence-corrected chi connectivity index (χ1v) is 10.8. The fraction of sp³-hybridized carbons (Fsp3) is 0.429. The van der Waals surface area contributed by atoms with Crippen LogP contribution >= 0.6 is 27.5 Å². The van der Waals surface area contributed by atoms with E-state index in [1.54, 1.807) is 12.1 Å². The topological polar surface area (TPSA) is 62.8 Å². The summed E-state index contributed by atoms with van der Waals surface area (Å²) >= 11 is 9.65. The van der Waals surface area contributed by atoms with Crippen LogP contribution in [0.25, 0.3) is 0 Å². The van der Waals surface area contributed by atoms with Gasteiger partial charge in [-0.25, -0.2) is 4.39 Å². The molecule has 0 fully saturated rings. The number of hydrogen-bond acceptors (Lipinski definition) is 5. The number of benzene rings is 2. The molecule has 0 saturated carbocycles. The minimum Gasteiger partial charge on any atom is -0.490 e. The minimum atomic E-state index is -0.399. The highest BCUT2D eigenvalue weighted by Crippen LogP contribution is 2.35. The van der Waals surface area contributed by atoms with E-state index in [9.17, 15) is 4.39 Å². The Bertz CT molecular complexity index is 760. The van der Waals surface area contributed by atoms with Gasteiger partial charge in [0.15, 0.2) is 11.5 Å². The monoisotopic (exact) mass is 488 g/mol. The summed E-state index contributed by atoms with van der Waals surface area (Å²) in [4.78, 5) is 0.